The Bertz CT molecular complexity index is 353. The van der Waals surface area contributed by atoms with Crippen LogP contribution in [0.4, 0.5) is 0 Å². The number of halogens is 1. The Kier molecular flexibility index (Phi) is 4.91. The van der Waals surface area contributed by atoms with Crippen LogP contribution in [-0.4, -0.2) is 27.0 Å². The van der Waals surface area contributed by atoms with Gasteiger partial charge < -0.3 is 10.5 Å². The normalized spacial score (nSPS) is 23.1. The van der Waals surface area contributed by atoms with Gasteiger partial charge in [-0.15, -0.1) is 12.4 Å². The molecular weight excluding hydrogens is 240 g/mol. The maximum absolute atomic E-state index is 5.70. The van der Waals surface area contributed by atoms with Crippen LogP contribution in [0.15, 0.2) is 6.33 Å². The number of nitrogens with zero attached hydrogens (tertiary/aromatic N) is 3. The summed E-state index contributed by atoms with van der Waals surface area (Å²) < 4.78 is 7.62. The second-order valence-corrected chi connectivity index (χ2v) is 5.03. The van der Waals surface area contributed by atoms with Crippen LogP contribution in [0.25, 0.3) is 0 Å². The molecule has 1 fully saturated rings. The molecule has 0 amide bonds. The zero-order valence-electron chi connectivity index (χ0n) is 10.4. The molecule has 1 unspecified atom stereocenters. The van der Waals surface area contributed by atoms with Crippen molar-refractivity contribution in [3.63, 3.8) is 0 Å². The van der Waals surface area contributed by atoms with Gasteiger partial charge in [-0.2, -0.15) is 5.10 Å². The monoisotopic (exact) mass is 260 g/mol. The van der Waals surface area contributed by atoms with E-state index in [1.807, 2.05) is 4.68 Å². The molecule has 0 saturated carbocycles. The van der Waals surface area contributed by atoms with Crippen LogP contribution in [0.2, 0.25) is 0 Å². The maximum atomic E-state index is 5.70. The van der Waals surface area contributed by atoms with Crippen LogP contribution in [0.5, 0.6) is 0 Å². The van der Waals surface area contributed by atoms with Gasteiger partial charge in [0.05, 0.1) is 12.1 Å². The number of aromatic nitrogens is 3. The van der Waals surface area contributed by atoms with E-state index in [2.05, 4.69) is 23.9 Å². The molecule has 2 rings (SSSR count). The largest absolute Gasteiger partial charge is 0.376 e. The molecule has 17 heavy (non-hydrogen) atoms. The van der Waals surface area contributed by atoms with Crippen LogP contribution in [0.3, 0.4) is 0 Å². The van der Waals surface area contributed by atoms with Gasteiger partial charge in [-0.05, 0) is 32.6 Å². The van der Waals surface area contributed by atoms with Crippen LogP contribution >= 0.6 is 12.4 Å². The lowest BCUT2D eigenvalue weighted by molar-refractivity contribution is -0.0753. The molecule has 0 spiro atoms. The Balaban J connectivity index is 0.00000144. The lowest BCUT2D eigenvalue weighted by atomic mass is 9.88. The third kappa shape index (κ3) is 3.66. The molecular formula is C11H21ClN4O. The van der Waals surface area contributed by atoms with E-state index in [-0.39, 0.29) is 18.0 Å². The molecule has 1 aliphatic heterocycles. The molecule has 0 radical (unpaired) electrons. The van der Waals surface area contributed by atoms with Crippen LogP contribution < -0.4 is 5.73 Å². The zero-order chi connectivity index (χ0) is 11.6. The van der Waals surface area contributed by atoms with E-state index >= 15 is 0 Å². The molecule has 2 N–H and O–H groups in total. The molecule has 1 aliphatic rings. The number of hydrogen-bond donors (Lipinski definition) is 1. The van der Waals surface area contributed by atoms with Gasteiger partial charge in [-0.25, -0.2) is 9.67 Å². The van der Waals surface area contributed by atoms with Crippen LogP contribution in [0.1, 0.15) is 32.5 Å². The standard InChI is InChI=1S/C11H20N4O.ClH/c1-11(2)5-9(3-4-16-11)7-15-10(6-12)13-8-14-15;/h8-9H,3-7,12H2,1-2H3;1H. The fraction of sp³-hybridized carbons (Fsp3) is 0.818. The molecule has 1 saturated heterocycles. The van der Waals surface area contributed by atoms with Crippen molar-refractivity contribution in [1.29, 1.82) is 0 Å². The van der Waals surface area contributed by atoms with Gasteiger partial charge in [-0.3, -0.25) is 0 Å². The van der Waals surface area contributed by atoms with E-state index in [4.69, 9.17) is 10.5 Å². The van der Waals surface area contributed by atoms with Crippen molar-refractivity contribution in [2.24, 2.45) is 11.7 Å². The summed E-state index contributed by atoms with van der Waals surface area (Å²) in [6.07, 6.45) is 3.73. The van der Waals surface area contributed by atoms with Gasteiger partial charge >= 0.3 is 0 Å². The first kappa shape index (κ1) is 14.4. The molecule has 1 aromatic rings. The summed E-state index contributed by atoms with van der Waals surface area (Å²) in [5, 5.41) is 4.21. The van der Waals surface area contributed by atoms with E-state index < -0.39 is 0 Å². The molecule has 0 aromatic carbocycles. The molecule has 98 valence electrons. The Morgan fingerprint density at radius 2 is 2.35 bits per heavy atom. The third-order valence-electron chi connectivity index (χ3n) is 3.11. The average Bonchev–Trinajstić information content (AvgIpc) is 2.63. The Hall–Kier alpha value is -0.650. The molecule has 2 heterocycles. The minimum Gasteiger partial charge on any atom is -0.376 e. The fourth-order valence-electron chi connectivity index (χ4n) is 2.36. The summed E-state index contributed by atoms with van der Waals surface area (Å²) in [4.78, 5) is 4.13. The lowest BCUT2D eigenvalue weighted by Gasteiger charge is -2.35. The van der Waals surface area contributed by atoms with Gasteiger partial charge in [0.1, 0.15) is 12.2 Å². The Morgan fingerprint density at radius 1 is 1.59 bits per heavy atom. The van der Waals surface area contributed by atoms with Crippen molar-refractivity contribution >= 4 is 12.4 Å². The summed E-state index contributed by atoms with van der Waals surface area (Å²) in [7, 11) is 0. The van der Waals surface area contributed by atoms with Crippen molar-refractivity contribution in [3.05, 3.63) is 12.2 Å². The third-order valence-corrected chi connectivity index (χ3v) is 3.11. The smallest absolute Gasteiger partial charge is 0.140 e. The summed E-state index contributed by atoms with van der Waals surface area (Å²) in [6.45, 7) is 6.48. The predicted molar refractivity (Wildman–Crippen MR) is 67.9 cm³/mol. The first-order chi connectivity index (χ1) is 7.61. The highest BCUT2D eigenvalue weighted by molar-refractivity contribution is 5.85. The highest BCUT2D eigenvalue weighted by Gasteiger charge is 2.29. The Morgan fingerprint density at radius 3 is 3.00 bits per heavy atom. The SMILES string of the molecule is CC1(C)CC(Cn2ncnc2CN)CCO1.Cl. The van der Waals surface area contributed by atoms with Crippen molar-refractivity contribution in [2.45, 2.75) is 45.4 Å². The zero-order valence-corrected chi connectivity index (χ0v) is 11.2. The predicted octanol–water partition coefficient (Wildman–Crippen LogP) is 1.36. The number of hydrogen-bond acceptors (Lipinski definition) is 4. The van der Waals surface area contributed by atoms with Crippen molar-refractivity contribution in [3.8, 4) is 0 Å². The molecule has 0 aliphatic carbocycles. The van der Waals surface area contributed by atoms with Crippen molar-refractivity contribution in [1.82, 2.24) is 14.8 Å². The quantitative estimate of drug-likeness (QED) is 0.891. The van der Waals surface area contributed by atoms with Gasteiger partial charge in [0, 0.05) is 13.2 Å². The van der Waals surface area contributed by atoms with Gasteiger partial charge in [-0.1, -0.05) is 0 Å². The van der Waals surface area contributed by atoms with E-state index in [0.717, 1.165) is 31.8 Å². The van der Waals surface area contributed by atoms with E-state index in [0.29, 0.717) is 12.5 Å². The van der Waals surface area contributed by atoms with Gasteiger partial charge in [0.2, 0.25) is 0 Å². The molecule has 1 aromatic heterocycles. The van der Waals surface area contributed by atoms with Gasteiger partial charge in [0.25, 0.3) is 0 Å². The van der Waals surface area contributed by atoms with E-state index in [1.54, 1.807) is 6.33 Å². The van der Waals surface area contributed by atoms with Crippen molar-refractivity contribution in [2.75, 3.05) is 6.61 Å². The number of ether oxygens (including phenoxy) is 1. The summed E-state index contributed by atoms with van der Waals surface area (Å²) >= 11 is 0. The van der Waals surface area contributed by atoms with Crippen LogP contribution in [-0.2, 0) is 17.8 Å². The molecule has 1 atom stereocenters. The second-order valence-electron chi connectivity index (χ2n) is 5.03. The minimum absolute atomic E-state index is 0. The summed E-state index contributed by atoms with van der Waals surface area (Å²) in [5.74, 6) is 1.47. The lowest BCUT2D eigenvalue weighted by Crippen LogP contribution is -2.35. The first-order valence-corrected chi connectivity index (χ1v) is 5.81. The summed E-state index contributed by atoms with van der Waals surface area (Å²) in [6, 6.07) is 0. The average molecular weight is 261 g/mol. The molecule has 0 bridgehead atoms. The maximum Gasteiger partial charge on any atom is 0.140 e. The second kappa shape index (κ2) is 5.80. The van der Waals surface area contributed by atoms with E-state index in [1.165, 1.54) is 0 Å². The first-order valence-electron chi connectivity index (χ1n) is 5.81. The number of rotatable bonds is 3. The number of nitrogens with two attached hydrogens (primary N) is 1. The Labute approximate surface area is 108 Å². The molecule has 5 nitrogen and oxygen atoms in total. The van der Waals surface area contributed by atoms with E-state index in [9.17, 15) is 0 Å². The summed E-state index contributed by atoms with van der Waals surface area (Å²) in [5.41, 5.74) is 5.60. The van der Waals surface area contributed by atoms with Crippen LogP contribution in [0, 0.1) is 5.92 Å². The van der Waals surface area contributed by atoms with Crippen molar-refractivity contribution < 1.29 is 4.74 Å². The fourth-order valence-corrected chi connectivity index (χ4v) is 2.36. The van der Waals surface area contributed by atoms with Gasteiger partial charge in [0.15, 0.2) is 0 Å². The highest BCUT2D eigenvalue weighted by atomic mass is 35.5. The molecule has 6 heteroatoms. The highest BCUT2D eigenvalue weighted by Crippen LogP contribution is 2.29. The topological polar surface area (TPSA) is 66.0 Å². The minimum atomic E-state index is -0.00756.